The summed E-state index contributed by atoms with van der Waals surface area (Å²) in [6, 6.07) is 8.32. The van der Waals surface area contributed by atoms with Crippen LogP contribution in [0.1, 0.15) is 18.5 Å². The quantitative estimate of drug-likeness (QED) is 0.742. The Morgan fingerprint density at radius 1 is 1.18 bits per heavy atom. The molecule has 1 aliphatic rings. The summed E-state index contributed by atoms with van der Waals surface area (Å²) in [6.45, 7) is 0. The minimum absolute atomic E-state index is 0.291. The zero-order valence-electron chi connectivity index (χ0n) is 12.5. The number of ketones is 1. The van der Waals surface area contributed by atoms with Crippen LogP contribution >= 0.6 is 0 Å². The van der Waals surface area contributed by atoms with Crippen molar-refractivity contribution in [3.05, 3.63) is 48.5 Å². The number of hydrogen-bond donors (Lipinski definition) is 0. The van der Waals surface area contributed by atoms with Gasteiger partial charge in [0.2, 0.25) is 0 Å². The first-order chi connectivity index (χ1) is 10.7. The van der Waals surface area contributed by atoms with E-state index in [1.54, 1.807) is 4.68 Å². The molecule has 0 saturated heterocycles. The van der Waals surface area contributed by atoms with E-state index in [0.29, 0.717) is 18.1 Å². The molecule has 0 aliphatic heterocycles. The van der Waals surface area contributed by atoms with Gasteiger partial charge in [-0.15, -0.1) is 0 Å². The van der Waals surface area contributed by atoms with E-state index in [1.807, 2.05) is 31.7 Å². The summed E-state index contributed by atoms with van der Waals surface area (Å²) in [5.74, 6) is 0.620. The van der Waals surface area contributed by atoms with Gasteiger partial charge in [-0.25, -0.2) is 0 Å². The number of aromatic nitrogens is 3. The highest BCUT2D eigenvalue weighted by molar-refractivity contribution is 5.89. The zero-order chi connectivity index (χ0) is 15.1. The van der Waals surface area contributed by atoms with E-state index in [0.717, 1.165) is 40.4 Å². The number of hydrogen-bond acceptors (Lipinski definition) is 3. The van der Waals surface area contributed by atoms with E-state index in [9.17, 15) is 4.79 Å². The summed E-state index contributed by atoms with van der Waals surface area (Å²) in [6.07, 6.45) is 8.28. The first-order valence-corrected chi connectivity index (χ1v) is 7.59. The van der Waals surface area contributed by atoms with Crippen LogP contribution in [0, 0.1) is 5.92 Å². The van der Waals surface area contributed by atoms with Crippen molar-refractivity contribution in [2.75, 3.05) is 0 Å². The highest BCUT2D eigenvalue weighted by Gasteiger charge is 2.29. The summed E-state index contributed by atoms with van der Waals surface area (Å²) in [4.78, 5) is 16.4. The average Bonchev–Trinajstić information content (AvgIpc) is 3.28. The molecular weight excluding hydrogens is 274 g/mol. The SMILES string of the molecule is Cn1cc(-c2ccc3cnc(CC(=O)C4CC4)cc3c2)cn1. The molecule has 1 aliphatic carbocycles. The van der Waals surface area contributed by atoms with Crippen molar-refractivity contribution < 1.29 is 4.79 Å². The maximum absolute atomic E-state index is 12.0. The number of rotatable bonds is 4. The predicted octanol–water partition coefficient (Wildman–Crippen LogP) is 3.16. The lowest BCUT2D eigenvalue weighted by molar-refractivity contribution is -0.119. The van der Waals surface area contributed by atoms with Gasteiger partial charge in [0.25, 0.3) is 0 Å². The summed E-state index contributed by atoms with van der Waals surface area (Å²) in [5.41, 5.74) is 3.09. The number of fused-ring (bicyclic) bond motifs is 1. The van der Waals surface area contributed by atoms with Crippen LogP contribution in [-0.2, 0) is 18.3 Å². The van der Waals surface area contributed by atoms with Crippen molar-refractivity contribution >= 4 is 16.6 Å². The Labute approximate surface area is 128 Å². The molecule has 0 amide bonds. The van der Waals surface area contributed by atoms with Crippen molar-refractivity contribution in [2.45, 2.75) is 19.3 Å². The maximum atomic E-state index is 12.0. The molecule has 3 aromatic rings. The monoisotopic (exact) mass is 291 g/mol. The van der Waals surface area contributed by atoms with Crippen LogP contribution in [0.5, 0.6) is 0 Å². The van der Waals surface area contributed by atoms with E-state index in [-0.39, 0.29) is 0 Å². The molecule has 1 fully saturated rings. The van der Waals surface area contributed by atoms with Crippen LogP contribution in [-0.4, -0.2) is 20.5 Å². The fourth-order valence-electron chi connectivity index (χ4n) is 2.76. The third-order valence-corrected chi connectivity index (χ3v) is 4.20. The lowest BCUT2D eigenvalue weighted by atomic mass is 10.0. The van der Waals surface area contributed by atoms with Gasteiger partial charge in [0, 0.05) is 48.4 Å². The Morgan fingerprint density at radius 2 is 2.05 bits per heavy atom. The molecule has 4 nitrogen and oxygen atoms in total. The number of pyridine rings is 1. The number of nitrogens with zero attached hydrogens (tertiary/aromatic N) is 3. The Balaban J connectivity index is 1.69. The number of aryl methyl sites for hydroxylation is 1. The van der Waals surface area contributed by atoms with Gasteiger partial charge in [0.05, 0.1) is 6.20 Å². The van der Waals surface area contributed by atoms with Gasteiger partial charge in [0.15, 0.2) is 0 Å². The Hall–Kier alpha value is -2.49. The molecule has 1 aromatic carbocycles. The highest BCUT2D eigenvalue weighted by atomic mass is 16.1. The zero-order valence-corrected chi connectivity index (χ0v) is 12.5. The molecule has 110 valence electrons. The third-order valence-electron chi connectivity index (χ3n) is 4.20. The van der Waals surface area contributed by atoms with Crippen LogP contribution in [0.25, 0.3) is 21.9 Å². The molecule has 0 atom stereocenters. The van der Waals surface area contributed by atoms with E-state index >= 15 is 0 Å². The fourth-order valence-corrected chi connectivity index (χ4v) is 2.76. The Bertz CT molecular complexity index is 862. The smallest absolute Gasteiger partial charge is 0.141 e. The van der Waals surface area contributed by atoms with E-state index < -0.39 is 0 Å². The molecular formula is C18H17N3O. The second-order valence-corrected chi connectivity index (χ2v) is 6.06. The molecule has 2 heterocycles. The summed E-state index contributed by atoms with van der Waals surface area (Å²) < 4.78 is 1.80. The van der Waals surface area contributed by atoms with Crippen molar-refractivity contribution in [1.82, 2.24) is 14.8 Å². The van der Waals surface area contributed by atoms with Crippen molar-refractivity contribution in [3.63, 3.8) is 0 Å². The number of carbonyl (C=O) groups is 1. The fraction of sp³-hybridized carbons (Fsp3) is 0.278. The van der Waals surface area contributed by atoms with Gasteiger partial charge < -0.3 is 0 Å². The average molecular weight is 291 g/mol. The van der Waals surface area contributed by atoms with Gasteiger partial charge >= 0.3 is 0 Å². The van der Waals surface area contributed by atoms with Crippen LogP contribution in [0.4, 0.5) is 0 Å². The van der Waals surface area contributed by atoms with Gasteiger partial charge in [-0.2, -0.15) is 5.10 Å². The molecule has 4 heteroatoms. The molecule has 2 aromatic heterocycles. The van der Waals surface area contributed by atoms with Crippen molar-refractivity contribution in [2.24, 2.45) is 13.0 Å². The molecule has 0 radical (unpaired) electrons. The van der Waals surface area contributed by atoms with Crippen LogP contribution in [0.2, 0.25) is 0 Å². The van der Waals surface area contributed by atoms with E-state index in [1.165, 1.54) is 0 Å². The van der Waals surface area contributed by atoms with Crippen LogP contribution in [0.15, 0.2) is 42.9 Å². The van der Waals surface area contributed by atoms with E-state index in [4.69, 9.17) is 0 Å². The molecule has 1 saturated carbocycles. The first kappa shape index (κ1) is 13.2. The third kappa shape index (κ3) is 2.52. The largest absolute Gasteiger partial charge is 0.299 e. The molecule has 0 unspecified atom stereocenters. The summed E-state index contributed by atoms with van der Waals surface area (Å²) >= 11 is 0. The Morgan fingerprint density at radius 3 is 2.77 bits per heavy atom. The van der Waals surface area contributed by atoms with Gasteiger partial charge in [-0.1, -0.05) is 12.1 Å². The molecule has 22 heavy (non-hydrogen) atoms. The molecule has 0 N–H and O–H groups in total. The number of Topliss-reactive ketones (excluding diaryl/α,β-unsaturated/α-hetero) is 1. The topological polar surface area (TPSA) is 47.8 Å². The lowest BCUT2D eigenvalue weighted by Crippen LogP contribution is -2.06. The van der Waals surface area contributed by atoms with Crippen LogP contribution in [0.3, 0.4) is 0 Å². The molecule has 4 rings (SSSR count). The summed E-state index contributed by atoms with van der Waals surface area (Å²) in [5, 5.41) is 6.43. The first-order valence-electron chi connectivity index (χ1n) is 7.59. The second kappa shape index (κ2) is 5.05. The second-order valence-electron chi connectivity index (χ2n) is 6.06. The summed E-state index contributed by atoms with van der Waals surface area (Å²) in [7, 11) is 1.91. The lowest BCUT2D eigenvalue weighted by Gasteiger charge is -2.04. The highest BCUT2D eigenvalue weighted by Crippen LogP contribution is 2.31. The number of benzene rings is 1. The normalized spacial score (nSPS) is 14.4. The Kier molecular flexibility index (Phi) is 3.03. The van der Waals surface area contributed by atoms with E-state index in [2.05, 4.69) is 28.3 Å². The van der Waals surface area contributed by atoms with Gasteiger partial charge in [-0.3, -0.25) is 14.5 Å². The van der Waals surface area contributed by atoms with Crippen molar-refractivity contribution in [3.8, 4) is 11.1 Å². The minimum Gasteiger partial charge on any atom is -0.299 e. The van der Waals surface area contributed by atoms with Gasteiger partial charge in [0.1, 0.15) is 5.78 Å². The standard InChI is InChI=1S/C18H17N3O/c1-21-11-16(10-20-21)13-4-5-14-9-19-17(7-15(14)6-13)8-18(22)12-2-3-12/h4-7,9-12H,2-3,8H2,1H3. The molecule has 0 spiro atoms. The predicted molar refractivity (Wildman–Crippen MR) is 85.4 cm³/mol. The van der Waals surface area contributed by atoms with Crippen LogP contribution < -0.4 is 0 Å². The molecule has 0 bridgehead atoms. The van der Waals surface area contributed by atoms with Gasteiger partial charge in [-0.05, 0) is 35.9 Å². The number of carbonyl (C=O) groups excluding carboxylic acids is 1. The maximum Gasteiger partial charge on any atom is 0.141 e. The minimum atomic E-state index is 0.291. The van der Waals surface area contributed by atoms with Crippen molar-refractivity contribution in [1.29, 1.82) is 0 Å².